The number of rotatable bonds is 4. The minimum atomic E-state index is -4.03. The minimum absolute atomic E-state index is 0.125. The van der Waals surface area contributed by atoms with E-state index in [9.17, 15) is 8.42 Å². The quantitative estimate of drug-likeness (QED) is 0.612. The number of hydrogen-bond donors (Lipinski definition) is 0. The van der Waals surface area contributed by atoms with Gasteiger partial charge in [-0.2, -0.15) is 13.5 Å². The molecule has 0 spiro atoms. The summed E-state index contributed by atoms with van der Waals surface area (Å²) in [5.74, 6) is 0.297. The average Bonchev–Trinajstić information content (AvgIpc) is 2.91. The van der Waals surface area contributed by atoms with Crippen LogP contribution in [0.3, 0.4) is 0 Å². The topological polar surface area (TPSA) is 61.2 Å². The third-order valence-corrected chi connectivity index (χ3v) is 5.77. The summed E-state index contributed by atoms with van der Waals surface area (Å²) in [6.07, 6.45) is 0. The van der Waals surface area contributed by atoms with E-state index in [0.717, 1.165) is 11.1 Å². The van der Waals surface area contributed by atoms with Crippen molar-refractivity contribution in [3.8, 4) is 16.9 Å². The first-order chi connectivity index (χ1) is 12.6. The first kappa shape index (κ1) is 19.2. The summed E-state index contributed by atoms with van der Waals surface area (Å²) in [5, 5.41) is 4.43. The average molecular weight is 385 g/mol. The minimum Gasteiger partial charge on any atom is -0.378 e. The molecule has 0 aliphatic carbocycles. The molecular weight excluding hydrogens is 360 g/mol. The van der Waals surface area contributed by atoms with E-state index in [-0.39, 0.29) is 10.4 Å². The molecule has 0 aliphatic heterocycles. The summed E-state index contributed by atoms with van der Waals surface area (Å²) >= 11 is 0. The van der Waals surface area contributed by atoms with Gasteiger partial charge in [0.15, 0.2) is 5.75 Å². The van der Waals surface area contributed by atoms with Crippen LogP contribution in [0.2, 0.25) is 0 Å². The van der Waals surface area contributed by atoms with Gasteiger partial charge >= 0.3 is 10.1 Å². The van der Waals surface area contributed by atoms with Crippen LogP contribution >= 0.6 is 0 Å². The van der Waals surface area contributed by atoms with Crippen molar-refractivity contribution in [2.75, 3.05) is 0 Å². The zero-order valence-corrected chi connectivity index (χ0v) is 17.0. The Morgan fingerprint density at radius 1 is 0.926 bits per heavy atom. The molecule has 0 fully saturated rings. The van der Waals surface area contributed by atoms with Gasteiger partial charge in [0.05, 0.1) is 16.9 Å². The van der Waals surface area contributed by atoms with Crippen LogP contribution in [0.5, 0.6) is 5.75 Å². The van der Waals surface area contributed by atoms with Crippen molar-refractivity contribution in [3.63, 3.8) is 0 Å². The van der Waals surface area contributed by atoms with E-state index < -0.39 is 10.1 Å². The molecule has 27 heavy (non-hydrogen) atoms. The van der Waals surface area contributed by atoms with Crippen LogP contribution in [0.1, 0.15) is 32.2 Å². The number of benzene rings is 2. The van der Waals surface area contributed by atoms with Crippen molar-refractivity contribution in [1.82, 2.24) is 9.78 Å². The van der Waals surface area contributed by atoms with Gasteiger partial charge in [-0.1, -0.05) is 48.5 Å². The van der Waals surface area contributed by atoms with Crippen LogP contribution in [0.4, 0.5) is 0 Å². The molecule has 0 saturated carbocycles. The summed E-state index contributed by atoms with van der Waals surface area (Å²) in [6.45, 7) is 9.39. The molecule has 3 aromatic rings. The maximum atomic E-state index is 13.1. The van der Waals surface area contributed by atoms with Gasteiger partial charge in [-0.3, -0.25) is 4.68 Å². The lowest BCUT2D eigenvalue weighted by Crippen LogP contribution is -2.24. The summed E-state index contributed by atoms with van der Waals surface area (Å²) in [6, 6.07) is 16.7. The molecular formula is C21H24N2O3S. The zero-order chi connectivity index (χ0) is 19.8. The Bertz CT molecular complexity index is 1060. The van der Waals surface area contributed by atoms with Gasteiger partial charge in [0.2, 0.25) is 0 Å². The van der Waals surface area contributed by atoms with Crippen LogP contribution in [-0.4, -0.2) is 18.2 Å². The maximum absolute atomic E-state index is 13.1. The van der Waals surface area contributed by atoms with E-state index in [1.807, 2.05) is 63.2 Å². The molecule has 6 heteroatoms. The Morgan fingerprint density at radius 2 is 1.52 bits per heavy atom. The molecule has 0 bridgehead atoms. The van der Waals surface area contributed by atoms with Gasteiger partial charge in [-0.15, -0.1) is 0 Å². The summed E-state index contributed by atoms with van der Waals surface area (Å²) in [4.78, 5) is 0.125. The maximum Gasteiger partial charge on any atom is 0.342 e. The van der Waals surface area contributed by atoms with Crippen LogP contribution in [0.15, 0.2) is 59.5 Å². The third kappa shape index (κ3) is 3.76. The lowest BCUT2D eigenvalue weighted by molar-refractivity contribution is 0.345. The molecule has 0 radical (unpaired) electrons. The van der Waals surface area contributed by atoms with Gasteiger partial charge in [-0.05, 0) is 46.2 Å². The monoisotopic (exact) mass is 384 g/mol. The molecule has 142 valence electrons. The third-order valence-electron chi connectivity index (χ3n) is 4.28. The van der Waals surface area contributed by atoms with Crippen LogP contribution < -0.4 is 4.18 Å². The Morgan fingerprint density at radius 3 is 2.11 bits per heavy atom. The van der Waals surface area contributed by atoms with Crippen LogP contribution in [-0.2, 0) is 15.7 Å². The molecule has 1 heterocycles. The highest BCUT2D eigenvalue weighted by Crippen LogP contribution is 2.33. The fourth-order valence-electron chi connectivity index (χ4n) is 3.20. The Balaban J connectivity index is 2.07. The predicted molar refractivity (Wildman–Crippen MR) is 106 cm³/mol. The molecule has 0 unspecified atom stereocenters. The largest absolute Gasteiger partial charge is 0.378 e. The van der Waals surface area contributed by atoms with Crippen LogP contribution in [0.25, 0.3) is 11.1 Å². The molecule has 2 aromatic carbocycles. The molecule has 5 nitrogen and oxygen atoms in total. The van der Waals surface area contributed by atoms with E-state index in [1.54, 1.807) is 30.7 Å². The van der Waals surface area contributed by atoms with Gasteiger partial charge in [0.1, 0.15) is 4.90 Å². The number of aryl methyl sites for hydroxylation is 1. The second kappa shape index (κ2) is 6.85. The molecule has 1 aromatic heterocycles. The summed E-state index contributed by atoms with van der Waals surface area (Å²) in [5.41, 5.74) is 2.28. The van der Waals surface area contributed by atoms with E-state index in [0.29, 0.717) is 17.1 Å². The lowest BCUT2D eigenvalue weighted by Gasteiger charge is -2.21. The van der Waals surface area contributed by atoms with E-state index in [1.165, 1.54) is 0 Å². The molecule has 0 aliphatic rings. The highest BCUT2D eigenvalue weighted by molar-refractivity contribution is 7.87. The van der Waals surface area contributed by atoms with Gasteiger partial charge in [-0.25, -0.2) is 0 Å². The molecule has 3 rings (SSSR count). The van der Waals surface area contributed by atoms with Crippen molar-refractivity contribution in [2.24, 2.45) is 0 Å². The fraction of sp³-hybridized carbons (Fsp3) is 0.286. The Labute approximate surface area is 160 Å². The highest BCUT2D eigenvalue weighted by Gasteiger charge is 2.30. The van der Waals surface area contributed by atoms with E-state index in [4.69, 9.17) is 4.18 Å². The fourth-order valence-corrected chi connectivity index (χ4v) is 4.51. The summed E-state index contributed by atoms with van der Waals surface area (Å²) < 4.78 is 33.5. The van der Waals surface area contributed by atoms with Gasteiger partial charge in [0, 0.05) is 5.56 Å². The second-order valence-corrected chi connectivity index (χ2v) is 8.97. The Hall–Kier alpha value is -2.60. The van der Waals surface area contributed by atoms with Gasteiger partial charge < -0.3 is 4.18 Å². The van der Waals surface area contributed by atoms with Crippen molar-refractivity contribution in [3.05, 3.63) is 66.0 Å². The molecule has 0 amide bonds. The first-order valence-electron chi connectivity index (χ1n) is 8.77. The SMILES string of the molecule is Cc1nn(C(C)(C)C)c(C)c1S(=O)(=O)Oc1ccccc1-c1ccccc1. The zero-order valence-electron chi connectivity index (χ0n) is 16.2. The number of para-hydroxylation sites is 1. The standard InChI is InChI=1S/C21H24N2O3S/c1-15-20(16(2)23(22-15)21(3,4)5)27(24,25)26-19-14-10-9-13-18(19)17-11-7-6-8-12-17/h6-14H,1-5H3. The first-order valence-corrected chi connectivity index (χ1v) is 10.2. The predicted octanol–water partition coefficient (Wildman–Crippen LogP) is 4.69. The van der Waals surface area contributed by atoms with Crippen LogP contribution in [0, 0.1) is 13.8 Å². The van der Waals surface area contributed by atoms with Gasteiger partial charge in [0.25, 0.3) is 0 Å². The number of aromatic nitrogens is 2. The van der Waals surface area contributed by atoms with E-state index >= 15 is 0 Å². The Kier molecular flexibility index (Phi) is 4.86. The molecule has 0 atom stereocenters. The van der Waals surface area contributed by atoms with Crippen molar-refractivity contribution >= 4 is 10.1 Å². The normalized spacial score (nSPS) is 12.2. The smallest absolute Gasteiger partial charge is 0.342 e. The van der Waals surface area contributed by atoms with Crippen molar-refractivity contribution in [2.45, 2.75) is 45.1 Å². The second-order valence-electron chi connectivity index (χ2n) is 7.48. The highest BCUT2D eigenvalue weighted by atomic mass is 32.2. The molecule has 0 saturated heterocycles. The van der Waals surface area contributed by atoms with Crippen molar-refractivity contribution in [1.29, 1.82) is 0 Å². The number of nitrogens with zero attached hydrogens (tertiary/aromatic N) is 2. The molecule has 0 N–H and O–H groups in total. The summed E-state index contributed by atoms with van der Waals surface area (Å²) in [7, 11) is -4.03. The number of hydrogen-bond acceptors (Lipinski definition) is 4. The lowest BCUT2D eigenvalue weighted by atomic mass is 10.1. The van der Waals surface area contributed by atoms with E-state index in [2.05, 4.69) is 5.10 Å². The van der Waals surface area contributed by atoms with Crippen molar-refractivity contribution < 1.29 is 12.6 Å².